The number of anilines is 1. The first-order chi connectivity index (χ1) is 12.1. The Morgan fingerprint density at radius 3 is 2.96 bits per heavy atom. The zero-order valence-corrected chi connectivity index (χ0v) is 13.5. The Bertz CT molecular complexity index is 886. The number of rotatable bonds is 2. The number of nitro groups is 1. The molecule has 0 amide bonds. The molecule has 1 atom stereocenters. The molecule has 1 aromatic heterocycles. The van der Waals surface area contributed by atoms with E-state index in [2.05, 4.69) is 16.0 Å². The second-order valence-electron chi connectivity index (χ2n) is 6.35. The third-order valence-corrected chi connectivity index (χ3v) is 4.75. The molecule has 4 rings (SSSR count). The van der Waals surface area contributed by atoms with E-state index >= 15 is 0 Å². The van der Waals surface area contributed by atoms with E-state index in [-0.39, 0.29) is 11.3 Å². The lowest BCUT2D eigenvalue weighted by Gasteiger charge is -2.40. The lowest BCUT2D eigenvalue weighted by atomic mass is 10.0. The highest BCUT2D eigenvalue weighted by Crippen LogP contribution is 2.31. The number of ether oxygens (including phenoxy) is 2. The van der Waals surface area contributed by atoms with E-state index in [1.807, 2.05) is 0 Å². The molecule has 0 N–H and O–H groups in total. The molecule has 0 saturated carbocycles. The van der Waals surface area contributed by atoms with Gasteiger partial charge in [-0.15, -0.1) is 0 Å². The Kier molecular flexibility index (Phi) is 3.75. The van der Waals surface area contributed by atoms with Gasteiger partial charge in [0.1, 0.15) is 11.4 Å². The van der Waals surface area contributed by atoms with E-state index in [0.29, 0.717) is 55.2 Å². The summed E-state index contributed by atoms with van der Waals surface area (Å²) in [5, 5.41) is 20.9. The van der Waals surface area contributed by atoms with E-state index in [0.717, 1.165) is 6.42 Å². The van der Waals surface area contributed by atoms with Gasteiger partial charge in [-0.2, -0.15) is 5.26 Å². The van der Waals surface area contributed by atoms with Crippen molar-refractivity contribution in [3.05, 3.63) is 39.9 Å². The number of non-ortho nitro benzene ring substituents is 1. The van der Waals surface area contributed by atoms with E-state index in [1.54, 1.807) is 12.1 Å². The number of nitro benzene ring substituents is 1. The van der Waals surface area contributed by atoms with Crippen LogP contribution in [0.5, 0.6) is 0 Å². The molecule has 0 bridgehead atoms. The van der Waals surface area contributed by atoms with Gasteiger partial charge in [0.25, 0.3) is 5.69 Å². The SMILES string of the molecule is N#Cc1cc(N2CCOC3(CCOC3)C2)nc2ccc([N+](=O)[O-])cc12. The molecule has 1 unspecified atom stereocenters. The van der Waals surface area contributed by atoms with Crippen LogP contribution in [-0.4, -0.2) is 48.4 Å². The number of morpholine rings is 1. The fourth-order valence-electron chi connectivity index (χ4n) is 3.44. The Morgan fingerprint density at radius 2 is 2.24 bits per heavy atom. The van der Waals surface area contributed by atoms with Gasteiger partial charge in [0.2, 0.25) is 0 Å². The van der Waals surface area contributed by atoms with Crippen LogP contribution in [0.2, 0.25) is 0 Å². The maximum absolute atomic E-state index is 11.0. The number of pyridine rings is 1. The van der Waals surface area contributed by atoms with Crippen LogP contribution >= 0.6 is 0 Å². The number of benzene rings is 1. The molecule has 2 aromatic rings. The summed E-state index contributed by atoms with van der Waals surface area (Å²) in [6.07, 6.45) is 0.842. The van der Waals surface area contributed by atoms with Crippen molar-refractivity contribution < 1.29 is 14.4 Å². The Morgan fingerprint density at radius 1 is 1.36 bits per heavy atom. The molecule has 3 heterocycles. The van der Waals surface area contributed by atoms with Gasteiger partial charge in [-0.3, -0.25) is 10.1 Å². The zero-order chi connectivity index (χ0) is 17.4. The first-order valence-electron chi connectivity index (χ1n) is 8.06. The number of aromatic nitrogens is 1. The lowest BCUT2D eigenvalue weighted by molar-refractivity contribution is -0.384. The summed E-state index contributed by atoms with van der Waals surface area (Å²) in [5.41, 5.74) is 0.596. The Balaban J connectivity index is 1.74. The minimum Gasteiger partial charge on any atom is -0.378 e. The molecule has 8 heteroatoms. The normalized spacial score (nSPS) is 23.1. The van der Waals surface area contributed by atoms with Crippen LogP contribution in [-0.2, 0) is 9.47 Å². The number of nitrogens with zero attached hydrogens (tertiary/aromatic N) is 4. The van der Waals surface area contributed by atoms with Gasteiger partial charge in [-0.05, 0) is 12.1 Å². The fraction of sp³-hybridized carbons (Fsp3) is 0.412. The van der Waals surface area contributed by atoms with E-state index in [1.165, 1.54) is 12.1 Å². The smallest absolute Gasteiger partial charge is 0.270 e. The van der Waals surface area contributed by atoms with Crippen molar-refractivity contribution >= 4 is 22.4 Å². The molecule has 0 aliphatic carbocycles. The maximum atomic E-state index is 11.0. The van der Waals surface area contributed by atoms with Crippen molar-refractivity contribution in [2.75, 3.05) is 37.8 Å². The summed E-state index contributed by atoms with van der Waals surface area (Å²) in [6.45, 7) is 3.16. The van der Waals surface area contributed by atoms with Gasteiger partial charge in [0.05, 0.1) is 41.8 Å². The van der Waals surface area contributed by atoms with Crippen molar-refractivity contribution in [2.24, 2.45) is 0 Å². The van der Waals surface area contributed by atoms with Gasteiger partial charge in [0, 0.05) is 37.1 Å². The van der Waals surface area contributed by atoms with Crippen LogP contribution in [0.3, 0.4) is 0 Å². The first-order valence-corrected chi connectivity index (χ1v) is 8.06. The minimum atomic E-state index is -0.472. The second kappa shape index (κ2) is 5.95. The number of fused-ring (bicyclic) bond motifs is 1. The third-order valence-electron chi connectivity index (χ3n) is 4.75. The average Bonchev–Trinajstić information content (AvgIpc) is 3.07. The number of nitriles is 1. The number of hydrogen-bond acceptors (Lipinski definition) is 7. The molecule has 2 saturated heterocycles. The summed E-state index contributed by atoms with van der Waals surface area (Å²) in [5.74, 6) is 0.687. The Hall–Kier alpha value is -2.76. The van der Waals surface area contributed by atoms with Gasteiger partial charge in [-0.1, -0.05) is 0 Å². The van der Waals surface area contributed by atoms with Crippen LogP contribution in [0.25, 0.3) is 10.9 Å². The molecule has 0 radical (unpaired) electrons. The van der Waals surface area contributed by atoms with Crippen molar-refractivity contribution in [3.8, 4) is 6.07 Å². The first kappa shape index (κ1) is 15.7. The highest BCUT2D eigenvalue weighted by atomic mass is 16.6. The second-order valence-corrected chi connectivity index (χ2v) is 6.35. The van der Waals surface area contributed by atoms with Crippen LogP contribution in [0.15, 0.2) is 24.3 Å². The van der Waals surface area contributed by atoms with Gasteiger partial charge in [0.15, 0.2) is 0 Å². The van der Waals surface area contributed by atoms with Gasteiger partial charge < -0.3 is 14.4 Å². The van der Waals surface area contributed by atoms with Gasteiger partial charge >= 0.3 is 0 Å². The van der Waals surface area contributed by atoms with E-state index in [4.69, 9.17) is 9.47 Å². The number of hydrogen-bond donors (Lipinski definition) is 0. The third kappa shape index (κ3) is 2.77. The minimum absolute atomic E-state index is 0.0491. The molecule has 1 spiro atoms. The monoisotopic (exact) mass is 340 g/mol. The predicted molar refractivity (Wildman–Crippen MR) is 89.4 cm³/mol. The molecule has 8 nitrogen and oxygen atoms in total. The summed E-state index contributed by atoms with van der Waals surface area (Å²) in [4.78, 5) is 17.2. The summed E-state index contributed by atoms with van der Waals surface area (Å²) < 4.78 is 11.4. The molecule has 2 aliphatic rings. The maximum Gasteiger partial charge on any atom is 0.270 e. The molecule has 2 aliphatic heterocycles. The van der Waals surface area contributed by atoms with Crippen LogP contribution in [0, 0.1) is 21.4 Å². The quantitative estimate of drug-likeness (QED) is 0.608. The van der Waals surface area contributed by atoms with Crippen molar-refractivity contribution in [1.82, 2.24) is 4.98 Å². The van der Waals surface area contributed by atoms with Crippen molar-refractivity contribution in [1.29, 1.82) is 5.26 Å². The summed E-state index contributed by atoms with van der Waals surface area (Å²) in [7, 11) is 0. The highest BCUT2D eigenvalue weighted by Gasteiger charge is 2.40. The largest absolute Gasteiger partial charge is 0.378 e. The summed E-state index contributed by atoms with van der Waals surface area (Å²) >= 11 is 0. The zero-order valence-electron chi connectivity index (χ0n) is 13.5. The van der Waals surface area contributed by atoms with Crippen LogP contribution in [0.1, 0.15) is 12.0 Å². The fourth-order valence-corrected chi connectivity index (χ4v) is 3.44. The van der Waals surface area contributed by atoms with Crippen LogP contribution in [0.4, 0.5) is 11.5 Å². The van der Waals surface area contributed by atoms with E-state index in [9.17, 15) is 15.4 Å². The Labute approximate surface area is 143 Å². The van der Waals surface area contributed by atoms with Gasteiger partial charge in [-0.25, -0.2) is 4.98 Å². The lowest BCUT2D eigenvalue weighted by Crippen LogP contribution is -2.52. The standard InChI is InChI=1S/C17H16N4O4/c18-9-12-7-16(19-15-2-1-13(21(22)23)8-14(12)15)20-4-6-25-17(10-20)3-5-24-11-17/h1-2,7-8H,3-6,10-11H2. The average molecular weight is 340 g/mol. The molecule has 2 fully saturated rings. The van der Waals surface area contributed by atoms with Crippen molar-refractivity contribution in [2.45, 2.75) is 12.0 Å². The molecular formula is C17H16N4O4. The highest BCUT2D eigenvalue weighted by molar-refractivity contribution is 5.88. The molecule has 1 aromatic carbocycles. The summed E-state index contributed by atoms with van der Waals surface area (Å²) in [6, 6.07) is 8.22. The predicted octanol–water partition coefficient (Wildman–Crippen LogP) is 2.01. The molecule has 128 valence electrons. The molecular weight excluding hydrogens is 324 g/mol. The van der Waals surface area contributed by atoms with Crippen LogP contribution < -0.4 is 4.90 Å². The van der Waals surface area contributed by atoms with Crippen molar-refractivity contribution in [3.63, 3.8) is 0 Å². The topological polar surface area (TPSA) is 102 Å². The molecule has 25 heavy (non-hydrogen) atoms. The van der Waals surface area contributed by atoms with E-state index < -0.39 is 4.92 Å².